The lowest BCUT2D eigenvalue weighted by molar-refractivity contribution is -0.402. The van der Waals surface area contributed by atoms with E-state index in [2.05, 4.69) is 15.6 Å². The minimum atomic E-state index is -0.731. The zero-order valence-corrected chi connectivity index (χ0v) is 16.9. The number of fused-ring (bicyclic) bond motifs is 1. The number of thiazole rings is 1. The molecule has 0 saturated carbocycles. The number of anilines is 2. The van der Waals surface area contributed by atoms with Crippen LogP contribution in [0.2, 0.25) is 0 Å². The Morgan fingerprint density at radius 1 is 1.09 bits per heavy atom. The lowest BCUT2D eigenvalue weighted by atomic mass is 10.2. The Kier molecular flexibility index (Phi) is 5.73. The molecule has 2 N–H and O–H groups in total. The molecule has 0 atom stereocenters. The molecule has 0 unspecified atom stereocenters. The first-order valence-corrected chi connectivity index (χ1v) is 9.90. The van der Waals surface area contributed by atoms with Crippen LogP contribution in [0, 0.1) is 15.9 Å². The number of halogens is 1. The molecule has 0 bridgehead atoms. The topological polar surface area (TPSA) is 127 Å². The van der Waals surface area contributed by atoms with Crippen molar-refractivity contribution in [1.29, 1.82) is 0 Å². The van der Waals surface area contributed by atoms with E-state index in [1.807, 2.05) is 0 Å². The Morgan fingerprint density at radius 2 is 1.88 bits per heavy atom. The summed E-state index contributed by atoms with van der Waals surface area (Å²) in [6.45, 7) is 0. The van der Waals surface area contributed by atoms with E-state index < -0.39 is 22.6 Å². The molecule has 0 aliphatic heterocycles. The molecule has 0 spiro atoms. The van der Waals surface area contributed by atoms with Gasteiger partial charge < -0.3 is 9.73 Å². The number of benzene rings is 2. The second kappa shape index (κ2) is 8.78. The van der Waals surface area contributed by atoms with Crippen LogP contribution in [0.15, 0.2) is 65.1 Å². The highest BCUT2D eigenvalue weighted by Crippen LogP contribution is 2.29. The fourth-order valence-electron chi connectivity index (χ4n) is 2.69. The summed E-state index contributed by atoms with van der Waals surface area (Å²) in [4.78, 5) is 38.6. The number of hydrogen-bond acceptors (Lipinski definition) is 7. The zero-order valence-electron chi connectivity index (χ0n) is 16.1. The number of nitrogens with zero attached hydrogens (tertiary/aromatic N) is 2. The van der Waals surface area contributed by atoms with Crippen LogP contribution in [0.25, 0.3) is 16.3 Å². The molecule has 4 rings (SSSR count). The Labute approximate surface area is 183 Å². The van der Waals surface area contributed by atoms with Crippen molar-refractivity contribution in [1.82, 2.24) is 4.98 Å². The Balaban J connectivity index is 1.43. The summed E-state index contributed by atoms with van der Waals surface area (Å²) < 4.78 is 18.5. The van der Waals surface area contributed by atoms with Crippen LogP contribution in [0.4, 0.5) is 21.1 Å². The second-order valence-corrected chi connectivity index (χ2v) is 7.46. The maximum absolute atomic E-state index is 12.9. The summed E-state index contributed by atoms with van der Waals surface area (Å²) >= 11 is 1.20. The van der Waals surface area contributed by atoms with Crippen LogP contribution in [0.5, 0.6) is 0 Å². The number of hydrogen-bond donors (Lipinski definition) is 2. The average molecular weight is 452 g/mol. The van der Waals surface area contributed by atoms with Crippen molar-refractivity contribution in [3.63, 3.8) is 0 Å². The first kappa shape index (κ1) is 20.9. The number of nitro groups is 1. The molecule has 9 nitrogen and oxygen atoms in total. The molecular formula is C21H13FN4O5S. The van der Waals surface area contributed by atoms with Gasteiger partial charge in [0, 0.05) is 11.8 Å². The lowest BCUT2D eigenvalue weighted by Gasteiger charge is -2.02. The molecule has 0 saturated heterocycles. The summed E-state index contributed by atoms with van der Waals surface area (Å²) in [5, 5.41) is 16.3. The van der Waals surface area contributed by atoms with Gasteiger partial charge in [-0.25, -0.2) is 9.37 Å². The average Bonchev–Trinajstić information content (AvgIpc) is 3.40. The summed E-state index contributed by atoms with van der Waals surface area (Å²) in [6, 6.07) is 12.9. The van der Waals surface area contributed by atoms with Gasteiger partial charge in [0.1, 0.15) is 10.7 Å². The van der Waals surface area contributed by atoms with Crippen LogP contribution in [-0.4, -0.2) is 21.7 Å². The van der Waals surface area contributed by atoms with Gasteiger partial charge in [-0.05, 0) is 48.0 Å². The zero-order chi connectivity index (χ0) is 22.7. The number of rotatable bonds is 6. The van der Waals surface area contributed by atoms with E-state index in [1.165, 1.54) is 35.6 Å². The third-order valence-electron chi connectivity index (χ3n) is 4.17. The van der Waals surface area contributed by atoms with Crippen LogP contribution in [-0.2, 0) is 4.79 Å². The standard InChI is InChI=1S/C21H13FN4O5S/c22-13-4-1-12(2-5-13)3-9-18(27)25-21-24-15-7-6-14(11-17(15)32-21)23-20(28)16-8-10-19(31-16)26(29)30/h1-11H,(H,23,28)(H,24,25,27)/b9-3+. The number of carbonyl (C=O) groups is 2. The molecule has 160 valence electrons. The van der Waals surface area contributed by atoms with E-state index in [-0.39, 0.29) is 11.6 Å². The number of amides is 2. The van der Waals surface area contributed by atoms with Crippen molar-refractivity contribution in [2.75, 3.05) is 10.6 Å². The fraction of sp³-hybridized carbons (Fsp3) is 0. The third-order valence-corrected chi connectivity index (χ3v) is 5.10. The number of nitrogens with one attached hydrogen (secondary N) is 2. The van der Waals surface area contributed by atoms with Crippen molar-refractivity contribution in [3.8, 4) is 0 Å². The van der Waals surface area contributed by atoms with Gasteiger partial charge in [-0.3, -0.25) is 25.0 Å². The van der Waals surface area contributed by atoms with Gasteiger partial charge in [-0.1, -0.05) is 23.5 Å². The molecule has 0 aliphatic rings. The first-order valence-electron chi connectivity index (χ1n) is 9.08. The van der Waals surface area contributed by atoms with Crippen LogP contribution >= 0.6 is 11.3 Å². The normalized spacial score (nSPS) is 11.0. The largest absolute Gasteiger partial charge is 0.433 e. The van der Waals surface area contributed by atoms with E-state index in [0.717, 1.165) is 6.07 Å². The predicted molar refractivity (Wildman–Crippen MR) is 117 cm³/mol. The maximum Gasteiger partial charge on any atom is 0.433 e. The van der Waals surface area contributed by atoms with Crippen molar-refractivity contribution >= 4 is 56.1 Å². The molecule has 11 heteroatoms. The second-order valence-electron chi connectivity index (χ2n) is 6.42. The molecule has 2 heterocycles. The van der Waals surface area contributed by atoms with E-state index in [0.29, 0.717) is 26.6 Å². The van der Waals surface area contributed by atoms with Gasteiger partial charge in [-0.15, -0.1) is 0 Å². The molecule has 0 fully saturated rings. The van der Waals surface area contributed by atoms with Gasteiger partial charge in [0.05, 0.1) is 16.3 Å². The molecular weight excluding hydrogens is 439 g/mol. The van der Waals surface area contributed by atoms with Gasteiger partial charge >= 0.3 is 5.88 Å². The monoisotopic (exact) mass is 452 g/mol. The van der Waals surface area contributed by atoms with Crippen molar-refractivity contribution in [2.24, 2.45) is 0 Å². The summed E-state index contributed by atoms with van der Waals surface area (Å²) in [7, 11) is 0. The molecule has 0 radical (unpaired) electrons. The van der Waals surface area contributed by atoms with Gasteiger partial charge in [0.2, 0.25) is 5.91 Å². The first-order chi connectivity index (χ1) is 15.4. The number of furan rings is 1. The van der Waals surface area contributed by atoms with Crippen molar-refractivity contribution < 1.29 is 23.3 Å². The van der Waals surface area contributed by atoms with Crippen LogP contribution in [0.3, 0.4) is 0 Å². The third kappa shape index (κ3) is 4.84. The van der Waals surface area contributed by atoms with E-state index in [1.54, 1.807) is 36.4 Å². The smallest absolute Gasteiger partial charge is 0.395 e. The predicted octanol–water partition coefficient (Wildman–Crippen LogP) is 4.84. The highest BCUT2D eigenvalue weighted by atomic mass is 32.1. The van der Waals surface area contributed by atoms with Gasteiger partial charge in [0.25, 0.3) is 5.91 Å². The number of aromatic nitrogens is 1. The quantitative estimate of drug-likeness (QED) is 0.245. The summed E-state index contributed by atoms with van der Waals surface area (Å²) in [6.07, 6.45) is 2.86. The minimum Gasteiger partial charge on any atom is -0.395 e. The van der Waals surface area contributed by atoms with Crippen molar-refractivity contribution in [2.45, 2.75) is 0 Å². The molecule has 4 aromatic rings. The van der Waals surface area contributed by atoms with Gasteiger partial charge in [0.15, 0.2) is 10.9 Å². The molecule has 32 heavy (non-hydrogen) atoms. The van der Waals surface area contributed by atoms with E-state index in [9.17, 15) is 24.1 Å². The van der Waals surface area contributed by atoms with Crippen molar-refractivity contribution in [3.05, 3.63) is 87.9 Å². The molecule has 0 aliphatic carbocycles. The van der Waals surface area contributed by atoms with E-state index in [4.69, 9.17) is 4.42 Å². The molecule has 2 aromatic heterocycles. The number of carbonyl (C=O) groups excluding carboxylic acids is 2. The van der Waals surface area contributed by atoms with Gasteiger partial charge in [-0.2, -0.15) is 0 Å². The Bertz CT molecular complexity index is 1360. The minimum absolute atomic E-state index is 0.193. The van der Waals surface area contributed by atoms with Crippen LogP contribution < -0.4 is 10.6 Å². The fourth-order valence-corrected chi connectivity index (χ4v) is 3.60. The highest BCUT2D eigenvalue weighted by Gasteiger charge is 2.17. The maximum atomic E-state index is 12.9. The Morgan fingerprint density at radius 3 is 2.59 bits per heavy atom. The molecule has 2 aromatic carbocycles. The van der Waals surface area contributed by atoms with Crippen LogP contribution in [0.1, 0.15) is 16.1 Å². The Hall–Kier alpha value is -4.38. The highest BCUT2D eigenvalue weighted by molar-refractivity contribution is 7.22. The summed E-state index contributed by atoms with van der Waals surface area (Å²) in [5.41, 5.74) is 1.71. The summed E-state index contributed by atoms with van der Waals surface area (Å²) in [5.74, 6) is -2.12. The SMILES string of the molecule is O=C(/C=C/c1ccc(F)cc1)Nc1nc2ccc(NC(=O)c3ccc([N+](=O)[O-])o3)cc2s1. The van der Waals surface area contributed by atoms with E-state index >= 15 is 0 Å². The molecule has 2 amide bonds. The lowest BCUT2D eigenvalue weighted by Crippen LogP contribution is -2.10.